The first kappa shape index (κ1) is 15.0. The summed E-state index contributed by atoms with van der Waals surface area (Å²) in [6.45, 7) is 0. The van der Waals surface area contributed by atoms with Gasteiger partial charge in [0.15, 0.2) is 5.60 Å². The maximum atomic E-state index is 11.6. The van der Waals surface area contributed by atoms with Crippen molar-refractivity contribution in [2.45, 2.75) is 5.60 Å². The standard InChI is InChI=1S/C20H17NO2/c22-20(17-12-6-2-7-13-17,18-14-8-3-9-15-18)19(21-23)16-10-4-1-5-11-16/h1-15,22-23H/b21-19+. The summed E-state index contributed by atoms with van der Waals surface area (Å²) >= 11 is 0. The topological polar surface area (TPSA) is 52.8 Å². The predicted octanol–water partition coefficient (Wildman–Crippen LogP) is 3.80. The molecule has 0 saturated heterocycles. The Bertz CT molecular complexity index is 744. The molecule has 0 spiro atoms. The van der Waals surface area contributed by atoms with Gasteiger partial charge in [-0.2, -0.15) is 0 Å². The Morgan fingerprint density at radius 2 is 1.04 bits per heavy atom. The summed E-state index contributed by atoms with van der Waals surface area (Å²) in [7, 11) is 0. The lowest BCUT2D eigenvalue weighted by Gasteiger charge is -2.30. The molecule has 0 unspecified atom stereocenters. The van der Waals surface area contributed by atoms with Gasteiger partial charge in [-0.15, -0.1) is 0 Å². The third-order valence-electron chi connectivity index (χ3n) is 3.87. The Balaban J connectivity index is 2.25. The van der Waals surface area contributed by atoms with Crippen LogP contribution in [0.5, 0.6) is 0 Å². The van der Waals surface area contributed by atoms with Crippen LogP contribution in [-0.4, -0.2) is 16.0 Å². The lowest BCUT2D eigenvalue weighted by atomic mass is 9.79. The number of oxime groups is 1. The fourth-order valence-corrected chi connectivity index (χ4v) is 2.73. The zero-order valence-corrected chi connectivity index (χ0v) is 12.5. The summed E-state index contributed by atoms with van der Waals surface area (Å²) in [4.78, 5) is 0. The molecule has 0 amide bonds. The van der Waals surface area contributed by atoms with Crippen LogP contribution in [-0.2, 0) is 5.60 Å². The van der Waals surface area contributed by atoms with Crippen molar-refractivity contribution >= 4 is 5.71 Å². The molecule has 0 atom stereocenters. The highest BCUT2D eigenvalue weighted by molar-refractivity contribution is 6.08. The third kappa shape index (κ3) is 2.74. The van der Waals surface area contributed by atoms with Crippen LogP contribution >= 0.6 is 0 Å². The number of benzene rings is 3. The monoisotopic (exact) mass is 303 g/mol. The third-order valence-corrected chi connectivity index (χ3v) is 3.87. The maximum Gasteiger partial charge on any atom is 0.161 e. The lowest BCUT2D eigenvalue weighted by Crippen LogP contribution is -2.37. The SMILES string of the molecule is O/N=C(\c1ccccc1)C(O)(c1ccccc1)c1ccccc1. The minimum absolute atomic E-state index is 0.190. The largest absolute Gasteiger partial charge is 0.411 e. The van der Waals surface area contributed by atoms with E-state index in [-0.39, 0.29) is 5.71 Å². The highest BCUT2D eigenvalue weighted by Gasteiger charge is 2.38. The van der Waals surface area contributed by atoms with Gasteiger partial charge < -0.3 is 10.3 Å². The number of hydrogen-bond acceptors (Lipinski definition) is 3. The molecule has 0 heterocycles. The molecular formula is C20H17NO2. The highest BCUT2D eigenvalue weighted by atomic mass is 16.4. The molecule has 0 saturated carbocycles. The highest BCUT2D eigenvalue weighted by Crippen LogP contribution is 2.33. The van der Waals surface area contributed by atoms with E-state index in [1.807, 2.05) is 91.0 Å². The second-order valence-corrected chi connectivity index (χ2v) is 5.26. The quantitative estimate of drug-likeness (QED) is 0.437. The minimum Gasteiger partial charge on any atom is -0.411 e. The van der Waals surface area contributed by atoms with Gasteiger partial charge in [0.2, 0.25) is 0 Å². The van der Waals surface area contributed by atoms with E-state index in [4.69, 9.17) is 0 Å². The summed E-state index contributed by atoms with van der Waals surface area (Å²) < 4.78 is 0. The Labute approximate surface area is 135 Å². The molecule has 0 bridgehead atoms. The molecule has 0 aromatic heterocycles. The normalized spacial score (nSPS) is 12.1. The van der Waals surface area contributed by atoms with Crippen LogP contribution in [0.15, 0.2) is 96.2 Å². The van der Waals surface area contributed by atoms with Gasteiger partial charge in [0.25, 0.3) is 0 Å². The van der Waals surface area contributed by atoms with Crippen LogP contribution in [0.25, 0.3) is 0 Å². The zero-order valence-electron chi connectivity index (χ0n) is 12.5. The van der Waals surface area contributed by atoms with Crippen LogP contribution in [0, 0.1) is 0 Å². The second-order valence-electron chi connectivity index (χ2n) is 5.26. The molecular weight excluding hydrogens is 286 g/mol. The van der Waals surface area contributed by atoms with E-state index in [2.05, 4.69) is 5.16 Å². The first-order chi connectivity index (χ1) is 11.3. The predicted molar refractivity (Wildman–Crippen MR) is 90.6 cm³/mol. The Morgan fingerprint density at radius 1 is 0.652 bits per heavy atom. The summed E-state index contributed by atoms with van der Waals surface area (Å²) in [5.41, 5.74) is 0.588. The van der Waals surface area contributed by atoms with E-state index in [0.29, 0.717) is 16.7 Å². The molecule has 0 fully saturated rings. The van der Waals surface area contributed by atoms with Crippen molar-refractivity contribution in [2.75, 3.05) is 0 Å². The van der Waals surface area contributed by atoms with E-state index in [9.17, 15) is 10.3 Å². The molecule has 3 rings (SSSR count). The van der Waals surface area contributed by atoms with Crippen LogP contribution in [0.2, 0.25) is 0 Å². The van der Waals surface area contributed by atoms with Crippen molar-refractivity contribution in [3.63, 3.8) is 0 Å². The number of hydrogen-bond donors (Lipinski definition) is 2. The lowest BCUT2D eigenvalue weighted by molar-refractivity contribution is 0.150. The van der Waals surface area contributed by atoms with Crippen molar-refractivity contribution in [1.29, 1.82) is 0 Å². The molecule has 114 valence electrons. The van der Waals surface area contributed by atoms with Gasteiger partial charge in [-0.3, -0.25) is 0 Å². The van der Waals surface area contributed by atoms with Crippen molar-refractivity contribution in [1.82, 2.24) is 0 Å². The van der Waals surface area contributed by atoms with Gasteiger partial charge in [-0.05, 0) is 11.1 Å². The fraction of sp³-hybridized carbons (Fsp3) is 0.0500. The van der Waals surface area contributed by atoms with Crippen molar-refractivity contribution in [3.8, 4) is 0 Å². The van der Waals surface area contributed by atoms with Crippen LogP contribution in [0.3, 0.4) is 0 Å². The van der Waals surface area contributed by atoms with Gasteiger partial charge in [0.1, 0.15) is 5.71 Å². The average Bonchev–Trinajstić information content (AvgIpc) is 2.64. The van der Waals surface area contributed by atoms with Crippen molar-refractivity contribution in [2.24, 2.45) is 5.16 Å². The molecule has 0 aliphatic heterocycles. The van der Waals surface area contributed by atoms with Crippen molar-refractivity contribution < 1.29 is 10.3 Å². The zero-order chi connectivity index (χ0) is 16.1. The molecule has 2 N–H and O–H groups in total. The first-order valence-electron chi connectivity index (χ1n) is 7.38. The Morgan fingerprint density at radius 3 is 1.43 bits per heavy atom. The molecule has 23 heavy (non-hydrogen) atoms. The molecule has 3 nitrogen and oxygen atoms in total. The van der Waals surface area contributed by atoms with E-state index < -0.39 is 5.60 Å². The summed E-state index contributed by atoms with van der Waals surface area (Å²) in [5.74, 6) is 0. The molecule has 0 aliphatic rings. The number of rotatable bonds is 4. The maximum absolute atomic E-state index is 11.6. The number of aliphatic hydroxyl groups is 1. The first-order valence-corrected chi connectivity index (χ1v) is 7.38. The second kappa shape index (κ2) is 6.46. The van der Waals surface area contributed by atoms with Crippen molar-refractivity contribution in [3.05, 3.63) is 108 Å². The van der Waals surface area contributed by atoms with Gasteiger partial charge in [-0.25, -0.2) is 0 Å². The average molecular weight is 303 g/mol. The smallest absolute Gasteiger partial charge is 0.161 e. The molecule has 3 heteroatoms. The van der Waals surface area contributed by atoms with Gasteiger partial charge in [-0.1, -0.05) is 96.2 Å². The van der Waals surface area contributed by atoms with E-state index in [1.165, 1.54) is 0 Å². The Hall–Kier alpha value is -2.91. The minimum atomic E-state index is -1.54. The summed E-state index contributed by atoms with van der Waals surface area (Å²) in [6.07, 6.45) is 0. The molecule has 0 radical (unpaired) electrons. The van der Waals surface area contributed by atoms with E-state index in [1.54, 1.807) is 0 Å². The summed E-state index contributed by atoms with van der Waals surface area (Å²) in [5, 5.41) is 24.7. The number of nitrogens with zero attached hydrogens (tertiary/aromatic N) is 1. The molecule has 3 aromatic rings. The summed E-state index contributed by atoms with van der Waals surface area (Å²) in [6, 6.07) is 27.6. The Kier molecular flexibility index (Phi) is 4.22. The van der Waals surface area contributed by atoms with E-state index in [0.717, 1.165) is 0 Å². The fourth-order valence-electron chi connectivity index (χ4n) is 2.73. The molecule has 3 aromatic carbocycles. The van der Waals surface area contributed by atoms with Gasteiger partial charge in [0.05, 0.1) is 0 Å². The van der Waals surface area contributed by atoms with Gasteiger partial charge in [0, 0.05) is 5.56 Å². The van der Waals surface area contributed by atoms with Gasteiger partial charge >= 0.3 is 0 Å². The van der Waals surface area contributed by atoms with Crippen LogP contribution in [0.4, 0.5) is 0 Å². The molecule has 0 aliphatic carbocycles. The van der Waals surface area contributed by atoms with Crippen LogP contribution in [0.1, 0.15) is 16.7 Å². The van der Waals surface area contributed by atoms with Crippen LogP contribution < -0.4 is 0 Å². The van der Waals surface area contributed by atoms with E-state index >= 15 is 0 Å².